The number of benzene rings is 2. The Labute approximate surface area is 169 Å². The SMILES string of the molecule is COC(=O)c1ccc([C@@H]2Nc3c(Cl)cc(Cl)cc3[C@H]3[C@H]4CC[C@@H](C4)[C@H]32)cc1. The van der Waals surface area contributed by atoms with Gasteiger partial charge in [0.15, 0.2) is 0 Å². The molecular formula is C22H21Cl2NO2. The summed E-state index contributed by atoms with van der Waals surface area (Å²) in [4.78, 5) is 11.8. The Balaban J connectivity index is 1.58. The van der Waals surface area contributed by atoms with Gasteiger partial charge in [0.05, 0.1) is 29.4 Å². The molecule has 0 amide bonds. The van der Waals surface area contributed by atoms with Crippen molar-refractivity contribution >= 4 is 34.9 Å². The van der Waals surface area contributed by atoms with E-state index < -0.39 is 0 Å². The number of hydrogen-bond donors (Lipinski definition) is 1. The maximum Gasteiger partial charge on any atom is 0.337 e. The minimum absolute atomic E-state index is 0.197. The van der Waals surface area contributed by atoms with Crippen molar-refractivity contribution in [2.24, 2.45) is 17.8 Å². The summed E-state index contributed by atoms with van der Waals surface area (Å²) < 4.78 is 4.82. The molecule has 3 aliphatic rings. The van der Waals surface area contributed by atoms with Crippen molar-refractivity contribution in [1.82, 2.24) is 0 Å². The summed E-state index contributed by atoms with van der Waals surface area (Å²) in [5, 5.41) is 5.12. The molecule has 0 aromatic heterocycles. The summed E-state index contributed by atoms with van der Waals surface area (Å²) in [6.45, 7) is 0. The van der Waals surface area contributed by atoms with Gasteiger partial charge in [-0.05, 0) is 78.3 Å². The van der Waals surface area contributed by atoms with Gasteiger partial charge < -0.3 is 10.1 Å². The van der Waals surface area contributed by atoms with Gasteiger partial charge in [0.1, 0.15) is 0 Å². The molecule has 3 nitrogen and oxygen atoms in total. The van der Waals surface area contributed by atoms with Gasteiger partial charge in [0, 0.05) is 5.02 Å². The van der Waals surface area contributed by atoms with Crippen LogP contribution in [-0.2, 0) is 4.74 Å². The molecule has 27 heavy (non-hydrogen) atoms. The van der Waals surface area contributed by atoms with Gasteiger partial charge >= 0.3 is 5.97 Å². The highest BCUT2D eigenvalue weighted by molar-refractivity contribution is 6.36. The van der Waals surface area contributed by atoms with E-state index >= 15 is 0 Å². The van der Waals surface area contributed by atoms with Crippen molar-refractivity contribution in [2.45, 2.75) is 31.2 Å². The number of carbonyl (C=O) groups is 1. The number of hydrogen-bond acceptors (Lipinski definition) is 3. The molecule has 2 aromatic carbocycles. The van der Waals surface area contributed by atoms with Gasteiger partial charge in [0.25, 0.3) is 0 Å². The van der Waals surface area contributed by atoms with E-state index in [0.717, 1.165) is 11.6 Å². The maximum atomic E-state index is 11.8. The standard InChI is InChI=1S/C22H21Cl2NO2/c1-27-22(26)12-4-2-11(3-5-12)20-19-14-7-6-13(8-14)18(19)16-9-15(23)10-17(24)21(16)25-20/h2-5,9-10,13-14,18-20,25H,6-8H2,1H3/t13-,14-,18+,19+,20-/m0/s1. The maximum absolute atomic E-state index is 11.8. The molecule has 140 valence electrons. The fraction of sp³-hybridized carbons (Fsp3) is 0.409. The van der Waals surface area contributed by atoms with E-state index in [1.807, 2.05) is 30.3 Å². The molecule has 0 spiro atoms. The van der Waals surface area contributed by atoms with E-state index in [-0.39, 0.29) is 12.0 Å². The highest BCUT2D eigenvalue weighted by atomic mass is 35.5. The first-order chi connectivity index (χ1) is 13.1. The number of halogens is 2. The number of esters is 1. The molecule has 1 heterocycles. The van der Waals surface area contributed by atoms with E-state index in [2.05, 4.69) is 11.4 Å². The van der Waals surface area contributed by atoms with Crippen LogP contribution in [0.1, 0.15) is 52.7 Å². The van der Waals surface area contributed by atoms with Gasteiger partial charge in [-0.2, -0.15) is 0 Å². The summed E-state index contributed by atoms with van der Waals surface area (Å²) in [5.41, 5.74) is 4.08. The molecule has 2 bridgehead atoms. The summed E-state index contributed by atoms with van der Waals surface area (Å²) in [6.07, 6.45) is 3.88. The molecule has 0 unspecified atom stereocenters. The van der Waals surface area contributed by atoms with Crippen molar-refractivity contribution in [3.63, 3.8) is 0 Å². The first kappa shape index (κ1) is 17.4. The van der Waals surface area contributed by atoms with Crippen LogP contribution in [-0.4, -0.2) is 13.1 Å². The third-order valence-corrected chi connectivity index (χ3v) is 7.32. The molecule has 0 radical (unpaired) electrons. The Hall–Kier alpha value is -1.71. The summed E-state index contributed by atoms with van der Waals surface area (Å²) in [6, 6.07) is 11.9. The normalized spacial score (nSPS) is 30.4. The number of methoxy groups -OCH3 is 1. The Morgan fingerprint density at radius 1 is 1.11 bits per heavy atom. The first-order valence-electron chi connectivity index (χ1n) is 9.50. The van der Waals surface area contributed by atoms with Crippen molar-refractivity contribution in [3.8, 4) is 0 Å². The lowest BCUT2D eigenvalue weighted by molar-refractivity contribution is 0.0600. The zero-order valence-electron chi connectivity index (χ0n) is 15.0. The van der Waals surface area contributed by atoms with Crippen LogP contribution >= 0.6 is 23.2 Å². The average molecular weight is 402 g/mol. The molecular weight excluding hydrogens is 381 g/mol. The second-order valence-electron chi connectivity index (χ2n) is 8.02. The van der Waals surface area contributed by atoms with Crippen LogP contribution in [0, 0.1) is 17.8 Å². The third-order valence-electron chi connectivity index (χ3n) is 6.80. The second kappa shape index (κ2) is 6.42. The number of rotatable bonds is 2. The number of ether oxygens (including phenoxy) is 1. The molecule has 2 aromatic rings. The van der Waals surface area contributed by atoms with E-state index in [0.29, 0.717) is 33.4 Å². The van der Waals surface area contributed by atoms with Gasteiger partial charge in [-0.3, -0.25) is 0 Å². The molecule has 2 saturated carbocycles. The van der Waals surface area contributed by atoms with E-state index in [1.54, 1.807) is 0 Å². The summed E-state index contributed by atoms with van der Waals surface area (Å²) in [7, 11) is 1.41. The highest BCUT2D eigenvalue weighted by Gasteiger charge is 2.54. The van der Waals surface area contributed by atoms with Crippen LogP contribution in [0.2, 0.25) is 10.0 Å². The van der Waals surface area contributed by atoms with Crippen LogP contribution in [0.4, 0.5) is 5.69 Å². The zero-order valence-corrected chi connectivity index (χ0v) is 16.6. The fourth-order valence-electron chi connectivity index (χ4n) is 5.79. The van der Waals surface area contributed by atoms with Crippen molar-refractivity contribution in [3.05, 3.63) is 63.1 Å². The number of carbonyl (C=O) groups excluding carboxylic acids is 1. The second-order valence-corrected chi connectivity index (χ2v) is 8.87. The van der Waals surface area contributed by atoms with Gasteiger partial charge in [-0.15, -0.1) is 0 Å². The molecule has 2 fully saturated rings. The van der Waals surface area contributed by atoms with Crippen molar-refractivity contribution in [1.29, 1.82) is 0 Å². The fourth-order valence-corrected chi connectivity index (χ4v) is 6.35. The number of nitrogens with one attached hydrogen (secondary N) is 1. The Kier molecular flexibility index (Phi) is 4.14. The molecule has 1 aliphatic heterocycles. The van der Waals surface area contributed by atoms with E-state index in [1.165, 1.54) is 37.5 Å². The smallest absolute Gasteiger partial charge is 0.337 e. The Morgan fingerprint density at radius 2 is 1.85 bits per heavy atom. The third kappa shape index (κ3) is 2.67. The van der Waals surface area contributed by atoms with Crippen LogP contribution in [0.5, 0.6) is 0 Å². The monoisotopic (exact) mass is 401 g/mol. The van der Waals surface area contributed by atoms with Crippen LogP contribution in [0.3, 0.4) is 0 Å². The summed E-state index contributed by atoms with van der Waals surface area (Å²) in [5.74, 6) is 2.17. The first-order valence-corrected chi connectivity index (χ1v) is 10.3. The van der Waals surface area contributed by atoms with Crippen LogP contribution in [0.15, 0.2) is 36.4 Å². The van der Waals surface area contributed by atoms with Gasteiger partial charge in [-0.1, -0.05) is 35.3 Å². The highest BCUT2D eigenvalue weighted by Crippen LogP contribution is 2.64. The topological polar surface area (TPSA) is 38.3 Å². The van der Waals surface area contributed by atoms with E-state index in [9.17, 15) is 4.79 Å². The average Bonchev–Trinajstić information content (AvgIpc) is 3.29. The Morgan fingerprint density at radius 3 is 2.59 bits per heavy atom. The van der Waals surface area contributed by atoms with Crippen LogP contribution < -0.4 is 5.32 Å². The minimum atomic E-state index is -0.306. The predicted octanol–water partition coefficient (Wildman–Crippen LogP) is 6.08. The van der Waals surface area contributed by atoms with Crippen LogP contribution in [0.25, 0.3) is 0 Å². The quantitative estimate of drug-likeness (QED) is 0.619. The molecule has 1 N–H and O–H groups in total. The lowest BCUT2D eigenvalue weighted by atomic mass is 9.68. The number of fused-ring (bicyclic) bond motifs is 7. The number of anilines is 1. The molecule has 5 rings (SSSR count). The van der Waals surface area contributed by atoms with Crippen molar-refractivity contribution < 1.29 is 9.53 Å². The largest absolute Gasteiger partial charge is 0.465 e. The lowest BCUT2D eigenvalue weighted by Gasteiger charge is -2.44. The molecule has 0 saturated heterocycles. The molecule has 5 heteroatoms. The molecule has 5 atom stereocenters. The lowest BCUT2D eigenvalue weighted by Crippen LogP contribution is -2.35. The zero-order chi connectivity index (χ0) is 18.7. The minimum Gasteiger partial charge on any atom is -0.465 e. The van der Waals surface area contributed by atoms with E-state index in [4.69, 9.17) is 27.9 Å². The molecule has 2 aliphatic carbocycles. The van der Waals surface area contributed by atoms with Gasteiger partial charge in [0.2, 0.25) is 0 Å². The summed E-state index contributed by atoms with van der Waals surface area (Å²) >= 11 is 12.9. The predicted molar refractivity (Wildman–Crippen MR) is 108 cm³/mol. The Bertz CT molecular complexity index is 911. The van der Waals surface area contributed by atoms with Gasteiger partial charge in [-0.25, -0.2) is 4.79 Å². The van der Waals surface area contributed by atoms with Crippen molar-refractivity contribution in [2.75, 3.05) is 12.4 Å².